The first-order valence-corrected chi connectivity index (χ1v) is 5.76. The van der Waals surface area contributed by atoms with Crippen LogP contribution in [0, 0.1) is 0 Å². The summed E-state index contributed by atoms with van der Waals surface area (Å²) in [4.78, 5) is 0. The molecule has 0 saturated carbocycles. The van der Waals surface area contributed by atoms with Gasteiger partial charge in [0, 0.05) is 0 Å². The lowest BCUT2D eigenvalue weighted by Crippen LogP contribution is -2.48. The van der Waals surface area contributed by atoms with Gasteiger partial charge in [0.25, 0.3) is 0 Å². The lowest BCUT2D eigenvalue weighted by molar-refractivity contribution is -0.355. The van der Waals surface area contributed by atoms with Crippen molar-refractivity contribution in [3.63, 3.8) is 0 Å². The van der Waals surface area contributed by atoms with Gasteiger partial charge in [-0.15, -0.1) is 0 Å². The Morgan fingerprint density at radius 2 is 1.06 bits per heavy atom. The smallest absolute Gasteiger partial charge is 0.210 e. The average molecular weight is 232 g/mol. The molecule has 0 aromatic heterocycles. The van der Waals surface area contributed by atoms with E-state index in [1.165, 1.54) is 0 Å². The summed E-state index contributed by atoms with van der Waals surface area (Å²) >= 11 is 0. The summed E-state index contributed by atoms with van der Waals surface area (Å²) in [6, 6.07) is 0. The predicted molar refractivity (Wildman–Crippen MR) is 61.2 cm³/mol. The van der Waals surface area contributed by atoms with E-state index in [-0.39, 0.29) is 11.2 Å². The van der Waals surface area contributed by atoms with E-state index in [4.69, 9.17) is 18.9 Å². The van der Waals surface area contributed by atoms with Crippen molar-refractivity contribution in [2.45, 2.75) is 65.3 Å². The van der Waals surface area contributed by atoms with E-state index in [9.17, 15) is 0 Å². The van der Waals surface area contributed by atoms with E-state index >= 15 is 0 Å². The molecule has 0 amide bonds. The zero-order valence-corrected chi connectivity index (χ0v) is 11.2. The maximum absolute atomic E-state index is 5.76. The molecule has 0 bridgehead atoms. The Labute approximate surface area is 98.2 Å². The number of ether oxygens (including phenoxy) is 4. The lowest BCUT2D eigenvalue weighted by atomic mass is 10.2. The summed E-state index contributed by atoms with van der Waals surface area (Å²) < 4.78 is 22.6. The molecule has 0 aliphatic carbocycles. The summed E-state index contributed by atoms with van der Waals surface area (Å²) in [7, 11) is 0. The highest BCUT2D eigenvalue weighted by Gasteiger charge is 2.34. The normalized spacial score (nSPS) is 28.1. The van der Waals surface area contributed by atoms with Crippen LogP contribution in [-0.2, 0) is 18.9 Å². The van der Waals surface area contributed by atoms with Crippen molar-refractivity contribution in [1.29, 1.82) is 0 Å². The zero-order chi connectivity index (χ0) is 12.4. The Bertz CT molecular complexity index is 190. The van der Waals surface area contributed by atoms with Gasteiger partial charge in [-0.1, -0.05) is 0 Å². The fraction of sp³-hybridized carbons (Fsp3) is 1.00. The largest absolute Gasteiger partial charge is 0.346 e. The second-order valence-corrected chi connectivity index (χ2v) is 5.94. The number of hydrogen-bond acceptors (Lipinski definition) is 4. The second-order valence-electron chi connectivity index (χ2n) is 5.94. The average Bonchev–Trinajstić information content (AvgIpc) is 2.03. The molecule has 0 N–H and O–H groups in total. The van der Waals surface area contributed by atoms with Crippen LogP contribution in [0.4, 0.5) is 0 Å². The molecular formula is C12H24O4. The molecule has 96 valence electrons. The van der Waals surface area contributed by atoms with E-state index in [1.54, 1.807) is 0 Å². The SMILES string of the molecule is CC(C)(C)O[C@H]1OCCO[C@@H]1OC(C)(C)C. The molecule has 0 radical (unpaired) electrons. The first-order chi connectivity index (χ1) is 7.17. The standard InChI is InChI=1S/C12H24O4/c1-11(2,3)15-9-10(14-8-7-13-9)16-12(4,5)6/h9-10H,7-8H2,1-6H3/t9-,10-/m1/s1. The maximum atomic E-state index is 5.76. The van der Waals surface area contributed by atoms with Crippen LogP contribution >= 0.6 is 0 Å². The minimum Gasteiger partial charge on any atom is -0.346 e. The Hall–Kier alpha value is -0.160. The molecule has 1 saturated heterocycles. The van der Waals surface area contributed by atoms with Gasteiger partial charge in [-0.05, 0) is 41.5 Å². The number of hydrogen-bond donors (Lipinski definition) is 0. The summed E-state index contributed by atoms with van der Waals surface area (Å²) in [6.07, 6.45) is -0.902. The molecule has 1 aliphatic rings. The minimum absolute atomic E-state index is 0.273. The Kier molecular flexibility index (Phi) is 4.35. The van der Waals surface area contributed by atoms with Crippen molar-refractivity contribution in [2.75, 3.05) is 13.2 Å². The molecule has 0 spiro atoms. The van der Waals surface area contributed by atoms with Crippen molar-refractivity contribution in [2.24, 2.45) is 0 Å². The zero-order valence-electron chi connectivity index (χ0n) is 11.2. The highest BCUT2D eigenvalue weighted by molar-refractivity contribution is 4.69. The van der Waals surface area contributed by atoms with Gasteiger partial charge >= 0.3 is 0 Å². The third-order valence-electron chi connectivity index (χ3n) is 1.81. The van der Waals surface area contributed by atoms with E-state index in [1.807, 2.05) is 41.5 Å². The van der Waals surface area contributed by atoms with Crippen molar-refractivity contribution in [3.8, 4) is 0 Å². The molecule has 1 heterocycles. The number of rotatable bonds is 2. The van der Waals surface area contributed by atoms with Gasteiger partial charge in [0.1, 0.15) is 0 Å². The summed E-state index contributed by atoms with van der Waals surface area (Å²) in [5.41, 5.74) is -0.546. The quantitative estimate of drug-likeness (QED) is 0.732. The van der Waals surface area contributed by atoms with Gasteiger partial charge in [-0.25, -0.2) is 0 Å². The Balaban J connectivity index is 2.57. The monoisotopic (exact) mass is 232 g/mol. The molecule has 4 nitrogen and oxygen atoms in total. The van der Waals surface area contributed by atoms with Crippen molar-refractivity contribution < 1.29 is 18.9 Å². The molecule has 2 atom stereocenters. The first kappa shape index (κ1) is 13.9. The fourth-order valence-electron chi connectivity index (χ4n) is 1.36. The first-order valence-electron chi connectivity index (χ1n) is 5.76. The molecule has 0 aromatic rings. The predicted octanol–water partition coefficient (Wildman–Crippen LogP) is 2.32. The molecule has 1 fully saturated rings. The third kappa shape index (κ3) is 5.25. The van der Waals surface area contributed by atoms with Crippen molar-refractivity contribution in [1.82, 2.24) is 0 Å². The molecule has 1 aliphatic heterocycles. The highest BCUT2D eigenvalue weighted by Crippen LogP contribution is 2.23. The molecular weight excluding hydrogens is 208 g/mol. The van der Waals surface area contributed by atoms with Crippen LogP contribution in [-0.4, -0.2) is 37.0 Å². The topological polar surface area (TPSA) is 36.9 Å². The van der Waals surface area contributed by atoms with Crippen LogP contribution in [0.15, 0.2) is 0 Å². The van der Waals surface area contributed by atoms with E-state index in [0.717, 1.165) is 0 Å². The summed E-state index contributed by atoms with van der Waals surface area (Å²) in [5.74, 6) is 0. The summed E-state index contributed by atoms with van der Waals surface area (Å²) in [6.45, 7) is 13.0. The maximum Gasteiger partial charge on any atom is 0.210 e. The van der Waals surface area contributed by atoms with Gasteiger partial charge in [-0.2, -0.15) is 0 Å². The van der Waals surface area contributed by atoms with Crippen LogP contribution in [0.3, 0.4) is 0 Å². The van der Waals surface area contributed by atoms with Gasteiger partial charge in [-0.3, -0.25) is 0 Å². The molecule has 16 heavy (non-hydrogen) atoms. The van der Waals surface area contributed by atoms with E-state index < -0.39 is 12.6 Å². The second kappa shape index (κ2) is 5.00. The van der Waals surface area contributed by atoms with Crippen LogP contribution in [0.2, 0.25) is 0 Å². The summed E-state index contributed by atoms with van der Waals surface area (Å²) in [5, 5.41) is 0. The van der Waals surface area contributed by atoms with E-state index in [0.29, 0.717) is 13.2 Å². The van der Waals surface area contributed by atoms with E-state index in [2.05, 4.69) is 0 Å². The molecule has 4 heteroatoms. The van der Waals surface area contributed by atoms with Crippen LogP contribution in [0.25, 0.3) is 0 Å². The molecule has 0 aromatic carbocycles. The molecule has 1 rings (SSSR count). The fourth-order valence-corrected chi connectivity index (χ4v) is 1.36. The van der Waals surface area contributed by atoms with Crippen LogP contribution in [0.1, 0.15) is 41.5 Å². The van der Waals surface area contributed by atoms with Crippen molar-refractivity contribution in [3.05, 3.63) is 0 Å². The van der Waals surface area contributed by atoms with Crippen LogP contribution < -0.4 is 0 Å². The third-order valence-corrected chi connectivity index (χ3v) is 1.81. The van der Waals surface area contributed by atoms with Gasteiger partial charge in [0.15, 0.2) is 0 Å². The highest BCUT2D eigenvalue weighted by atomic mass is 16.8. The van der Waals surface area contributed by atoms with Crippen LogP contribution in [0.5, 0.6) is 0 Å². The van der Waals surface area contributed by atoms with Gasteiger partial charge in [0.2, 0.25) is 12.6 Å². The minimum atomic E-state index is -0.451. The Morgan fingerprint density at radius 1 is 0.750 bits per heavy atom. The van der Waals surface area contributed by atoms with Gasteiger partial charge < -0.3 is 18.9 Å². The molecule has 0 unspecified atom stereocenters. The Morgan fingerprint density at radius 3 is 1.31 bits per heavy atom. The van der Waals surface area contributed by atoms with Crippen molar-refractivity contribution >= 4 is 0 Å². The van der Waals surface area contributed by atoms with Gasteiger partial charge in [0.05, 0.1) is 24.4 Å². The lowest BCUT2D eigenvalue weighted by Gasteiger charge is -2.38.